The topological polar surface area (TPSA) is 25.2 Å². The highest BCUT2D eigenvalue weighted by molar-refractivity contribution is 5.81. The van der Waals surface area contributed by atoms with Gasteiger partial charge < -0.3 is 9.47 Å². The van der Waals surface area contributed by atoms with Crippen LogP contribution in [-0.2, 0) is 11.3 Å². The first-order chi connectivity index (χ1) is 8.59. The van der Waals surface area contributed by atoms with Crippen LogP contribution < -0.4 is 0 Å². The minimum atomic E-state index is 0.198. The van der Waals surface area contributed by atoms with Gasteiger partial charge in [0.25, 0.3) is 0 Å². The maximum absolute atomic E-state index is 11.5. The van der Waals surface area contributed by atoms with E-state index in [-0.39, 0.29) is 5.91 Å². The van der Waals surface area contributed by atoms with Crippen molar-refractivity contribution in [2.45, 2.75) is 26.3 Å². The maximum atomic E-state index is 11.5. The van der Waals surface area contributed by atoms with Crippen LogP contribution in [0.2, 0.25) is 0 Å². The Balaban J connectivity index is 2.08. The standard InChI is InChI=1S/C15H20N2O/c1-12-11-13-7-4-5-8-14(13)17(12)10-6-9-15(18)16(2)3/h4-5,7-8,11H,6,9-10H2,1-3H3. The summed E-state index contributed by atoms with van der Waals surface area (Å²) in [4.78, 5) is 13.2. The molecule has 0 unspecified atom stereocenters. The molecule has 0 N–H and O–H groups in total. The molecule has 0 spiro atoms. The molecule has 0 aliphatic carbocycles. The summed E-state index contributed by atoms with van der Waals surface area (Å²) in [6, 6.07) is 10.6. The molecular weight excluding hydrogens is 224 g/mol. The van der Waals surface area contributed by atoms with E-state index in [1.165, 1.54) is 16.6 Å². The number of benzene rings is 1. The molecule has 1 aromatic carbocycles. The number of rotatable bonds is 4. The van der Waals surface area contributed by atoms with Crippen LogP contribution >= 0.6 is 0 Å². The van der Waals surface area contributed by atoms with Gasteiger partial charge in [-0.05, 0) is 30.9 Å². The molecule has 0 saturated carbocycles. The van der Waals surface area contributed by atoms with Gasteiger partial charge in [0.2, 0.25) is 5.91 Å². The number of nitrogens with zero attached hydrogens (tertiary/aromatic N) is 2. The number of aromatic nitrogens is 1. The highest BCUT2D eigenvalue weighted by atomic mass is 16.2. The zero-order valence-corrected chi connectivity index (χ0v) is 11.3. The summed E-state index contributed by atoms with van der Waals surface area (Å²) in [5.41, 5.74) is 2.51. The molecule has 1 aromatic heterocycles. The van der Waals surface area contributed by atoms with Gasteiger partial charge in [-0.3, -0.25) is 4.79 Å². The summed E-state index contributed by atoms with van der Waals surface area (Å²) in [7, 11) is 3.61. The Hall–Kier alpha value is -1.77. The largest absolute Gasteiger partial charge is 0.349 e. The van der Waals surface area contributed by atoms with Crippen molar-refractivity contribution in [1.29, 1.82) is 0 Å². The van der Waals surface area contributed by atoms with E-state index in [0.29, 0.717) is 6.42 Å². The lowest BCUT2D eigenvalue weighted by atomic mass is 10.2. The molecular formula is C15H20N2O. The lowest BCUT2D eigenvalue weighted by Crippen LogP contribution is -2.21. The van der Waals surface area contributed by atoms with E-state index in [9.17, 15) is 4.79 Å². The summed E-state index contributed by atoms with van der Waals surface area (Å²) < 4.78 is 2.29. The molecule has 0 aliphatic rings. The average Bonchev–Trinajstić information content (AvgIpc) is 2.65. The van der Waals surface area contributed by atoms with E-state index in [2.05, 4.69) is 41.8 Å². The van der Waals surface area contributed by atoms with Crippen LogP contribution in [0.15, 0.2) is 30.3 Å². The van der Waals surface area contributed by atoms with Crippen molar-refractivity contribution >= 4 is 16.8 Å². The summed E-state index contributed by atoms with van der Waals surface area (Å²) in [6.07, 6.45) is 1.50. The number of carbonyl (C=O) groups is 1. The van der Waals surface area contributed by atoms with Crippen molar-refractivity contribution < 1.29 is 4.79 Å². The predicted molar refractivity (Wildman–Crippen MR) is 74.6 cm³/mol. The molecule has 1 heterocycles. The Labute approximate surface area is 108 Å². The van der Waals surface area contributed by atoms with Crippen molar-refractivity contribution in [3.8, 4) is 0 Å². The van der Waals surface area contributed by atoms with Crippen molar-refractivity contribution in [2.75, 3.05) is 14.1 Å². The zero-order chi connectivity index (χ0) is 13.1. The first-order valence-electron chi connectivity index (χ1n) is 6.34. The number of carbonyl (C=O) groups excluding carboxylic acids is 1. The van der Waals surface area contributed by atoms with Crippen molar-refractivity contribution in [2.24, 2.45) is 0 Å². The molecule has 0 aliphatic heterocycles. The van der Waals surface area contributed by atoms with Gasteiger partial charge in [-0.15, -0.1) is 0 Å². The summed E-state index contributed by atoms with van der Waals surface area (Å²) in [6.45, 7) is 3.02. The number of amides is 1. The SMILES string of the molecule is Cc1cc2ccccc2n1CCCC(=O)N(C)C. The van der Waals surface area contributed by atoms with Gasteiger partial charge in [-0.1, -0.05) is 18.2 Å². The second-order valence-corrected chi connectivity index (χ2v) is 4.89. The van der Waals surface area contributed by atoms with E-state index in [4.69, 9.17) is 0 Å². The number of hydrogen-bond acceptors (Lipinski definition) is 1. The third kappa shape index (κ3) is 2.55. The van der Waals surface area contributed by atoms with Crippen LogP contribution in [0.4, 0.5) is 0 Å². The second kappa shape index (κ2) is 5.25. The lowest BCUT2D eigenvalue weighted by molar-refractivity contribution is -0.128. The van der Waals surface area contributed by atoms with Crippen LogP contribution in [0.5, 0.6) is 0 Å². The van der Waals surface area contributed by atoms with Gasteiger partial charge in [0.15, 0.2) is 0 Å². The summed E-state index contributed by atoms with van der Waals surface area (Å²) in [5.74, 6) is 0.198. The van der Waals surface area contributed by atoms with Crippen molar-refractivity contribution in [3.05, 3.63) is 36.0 Å². The molecule has 3 nitrogen and oxygen atoms in total. The van der Waals surface area contributed by atoms with E-state index < -0.39 is 0 Å². The molecule has 0 fully saturated rings. The van der Waals surface area contributed by atoms with E-state index >= 15 is 0 Å². The van der Waals surface area contributed by atoms with Gasteiger partial charge in [0.1, 0.15) is 0 Å². The summed E-state index contributed by atoms with van der Waals surface area (Å²) >= 11 is 0. The molecule has 2 rings (SSSR count). The van der Waals surface area contributed by atoms with Crippen molar-refractivity contribution in [3.63, 3.8) is 0 Å². The van der Waals surface area contributed by atoms with Crippen molar-refractivity contribution in [1.82, 2.24) is 9.47 Å². The second-order valence-electron chi connectivity index (χ2n) is 4.89. The van der Waals surface area contributed by atoms with E-state index in [0.717, 1.165) is 13.0 Å². The Kier molecular flexibility index (Phi) is 3.70. The van der Waals surface area contributed by atoms with Gasteiger partial charge in [0, 0.05) is 38.3 Å². The summed E-state index contributed by atoms with van der Waals surface area (Å²) in [5, 5.41) is 1.27. The fourth-order valence-electron chi connectivity index (χ4n) is 2.26. The molecule has 0 atom stereocenters. The van der Waals surface area contributed by atoms with Crippen LogP contribution in [0, 0.1) is 6.92 Å². The zero-order valence-electron chi connectivity index (χ0n) is 11.3. The maximum Gasteiger partial charge on any atom is 0.222 e. The Bertz CT molecular complexity index is 555. The molecule has 1 amide bonds. The lowest BCUT2D eigenvalue weighted by Gasteiger charge is -2.11. The van der Waals surface area contributed by atoms with Crippen LogP contribution in [-0.4, -0.2) is 29.5 Å². The Morgan fingerprint density at radius 3 is 2.72 bits per heavy atom. The average molecular weight is 244 g/mol. The fraction of sp³-hybridized carbons (Fsp3) is 0.400. The molecule has 18 heavy (non-hydrogen) atoms. The number of hydrogen-bond donors (Lipinski definition) is 0. The molecule has 3 heteroatoms. The van der Waals surface area contributed by atoms with Gasteiger partial charge in [-0.25, -0.2) is 0 Å². The smallest absolute Gasteiger partial charge is 0.222 e. The van der Waals surface area contributed by atoms with Crippen LogP contribution in [0.25, 0.3) is 10.9 Å². The quantitative estimate of drug-likeness (QED) is 0.812. The minimum absolute atomic E-state index is 0.198. The number of para-hydroxylation sites is 1. The Morgan fingerprint density at radius 1 is 1.28 bits per heavy atom. The molecule has 2 aromatic rings. The highest BCUT2D eigenvalue weighted by Gasteiger charge is 2.07. The highest BCUT2D eigenvalue weighted by Crippen LogP contribution is 2.19. The van der Waals surface area contributed by atoms with Crippen LogP contribution in [0.1, 0.15) is 18.5 Å². The van der Waals surface area contributed by atoms with Gasteiger partial charge >= 0.3 is 0 Å². The molecule has 0 saturated heterocycles. The predicted octanol–water partition coefficient (Wildman–Crippen LogP) is 2.82. The number of fused-ring (bicyclic) bond motifs is 1. The molecule has 0 radical (unpaired) electrons. The Morgan fingerprint density at radius 2 is 2.00 bits per heavy atom. The van der Waals surface area contributed by atoms with Crippen LogP contribution in [0.3, 0.4) is 0 Å². The molecule has 96 valence electrons. The number of aryl methyl sites for hydroxylation is 2. The van der Waals surface area contributed by atoms with E-state index in [1.54, 1.807) is 19.0 Å². The minimum Gasteiger partial charge on any atom is -0.349 e. The van der Waals surface area contributed by atoms with Gasteiger partial charge in [-0.2, -0.15) is 0 Å². The third-order valence-electron chi connectivity index (χ3n) is 3.29. The normalized spacial score (nSPS) is 10.8. The monoisotopic (exact) mass is 244 g/mol. The van der Waals surface area contributed by atoms with E-state index in [1.807, 2.05) is 0 Å². The molecule has 0 bridgehead atoms. The fourth-order valence-corrected chi connectivity index (χ4v) is 2.26. The third-order valence-corrected chi connectivity index (χ3v) is 3.29. The first kappa shape index (κ1) is 12.7. The first-order valence-corrected chi connectivity index (χ1v) is 6.34. The van der Waals surface area contributed by atoms with Gasteiger partial charge in [0.05, 0.1) is 0 Å².